The lowest BCUT2D eigenvalue weighted by Crippen LogP contribution is -2.47. The molecule has 0 aliphatic carbocycles. The molecule has 5 nitrogen and oxygen atoms in total. The number of carboxylic acids is 1. The topological polar surface area (TPSA) is 70.8 Å². The normalized spacial score (nSPS) is 18.3. The van der Waals surface area contributed by atoms with Crippen LogP contribution in [0.25, 0.3) is 11.0 Å². The first-order chi connectivity index (χ1) is 11.0. The van der Waals surface area contributed by atoms with Crippen LogP contribution in [0.2, 0.25) is 5.02 Å². The van der Waals surface area contributed by atoms with Crippen molar-refractivity contribution in [2.75, 3.05) is 18.1 Å². The number of carbonyl (C=O) groups excluding carboxylic acids is 1. The summed E-state index contributed by atoms with van der Waals surface area (Å²) in [7, 11) is 0. The first-order valence-corrected chi connectivity index (χ1v) is 8.80. The SMILES string of the molecule is Cc1c(C(=O)N2CCSC[C@@H]2CC(=O)O)oc2c(Cl)cccc12. The third-order valence-electron chi connectivity index (χ3n) is 4.01. The Kier molecular flexibility index (Phi) is 4.55. The van der Waals surface area contributed by atoms with Crippen LogP contribution in [-0.4, -0.2) is 46.0 Å². The first-order valence-electron chi connectivity index (χ1n) is 7.27. The number of amides is 1. The summed E-state index contributed by atoms with van der Waals surface area (Å²) < 4.78 is 5.72. The Labute approximate surface area is 142 Å². The molecule has 1 saturated heterocycles. The van der Waals surface area contributed by atoms with E-state index in [2.05, 4.69) is 0 Å². The van der Waals surface area contributed by atoms with E-state index in [9.17, 15) is 9.59 Å². The molecule has 0 saturated carbocycles. The highest BCUT2D eigenvalue weighted by atomic mass is 35.5. The summed E-state index contributed by atoms with van der Waals surface area (Å²) in [5.41, 5.74) is 1.23. The lowest BCUT2D eigenvalue weighted by molar-refractivity contribution is -0.138. The van der Waals surface area contributed by atoms with Gasteiger partial charge in [-0.25, -0.2) is 0 Å². The molecule has 1 atom stereocenters. The number of aryl methyl sites for hydroxylation is 1. The molecule has 7 heteroatoms. The molecule has 2 aromatic rings. The summed E-state index contributed by atoms with van der Waals surface area (Å²) in [4.78, 5) is 25.5. The number of carbonyl (C=O) groups is 2. The smallest absolute Gasteiger partial charge is 0.305 e. The Morgan fingerprint density at radius 2 is 2.26 bits per heavy atom. The van der Waals surface area contributed by atoms with Crippen molar-refractivity contribution < 1.29 is 19.1 Å². The number of hydrogen-bond acceptors (Lipinski definition) is 4. The van der Waals surface area contributed by atoms with Gasteiger partial charge in [0.1, 0.15) is 0 Å². The van der Waals surface area contributed by atoms with E-state index < -0.39 is 5.97 Å². The summed E-state index contributed by atoms with van der Waals surface area (Å²) >= 11 is 7.79. The number of aliphatic carboxylic acids is 1. The van der Waals surface area contributed by atoms with Crippen molar-refractivity contribution in [1.29, 1.82) is 0 Å². The number of thioether (sulfide) groups is 1. The minimum Gasteiger partial charge on any atom is -0.481 e. The van der Waals surface area contributed by atoms with Gasteiger partial charge in [-0.3, -0.25) is 9.59 Å². The molecule has 1 amide bonds. The second-order valence-corrected chi connectivity index (χ2v) is 7.05. The van der Waals surface area contributed by atoms with E-state index in [0.717, 1.165) is 16.7 Å². The number of hydrogen-bond donors (Lipinski definition) is 1. The molecule has 1 fully saturated rings. The second kappa shape index (κ2) is 6.45. The highest BCUT2D eigenvalue weighted by Gasteiger charge is 2.32. The third kappa shape index (κ3) is 3.05. The predicted octanol–water partition coefficient (Wildman–Crippen LogP) is 3.43. The second-order valence-electron chi connectivity index (χ2n) is 5.50. The molecular weight excluding hydrogens is 338 g/mol. The molecule has 1 aromatic heterocycles. The zero-order valence-corrected chi connectivity index (χ0v) is 14.1. The quantitative estimate of drug-likeness (QED) is 0.915. The van der Waals surface area contributed by atoms with Gasteiger partial charge in [0, 0.05) is 29.0 Å². The van der Waals surface area contributed by atoms with Crippen LogP contribution in [0.15, 0.2) is 22.6 Å². The Balaban J connectivity index is 1.97. The maximum atomic E-state index is 12.9. The Morgan fingerprint density at radius 3 is 2.96 bits per heavy atom. The average Bonchev–Trinajstić information content (AvgIpc) is 2.85. The van der Waals surface area contributed by atoms with Crippen LogP contribution in [0, 0.1) is 6.92 Å². The highest BCUT2D eigenvalue weighted by Crippen LogP contribution is 2.32. The first kappa shape index (κ1) is 16.2. The molecule has 1 aromatic carbocycles. The van der Waals surface area contributed by atoms with E-state index in [0.29, 0.717) is 22.9 Å². The Hall–Kier alpha value is -1.66. The molecule has 0 unspecified atom stereocenters. The van der Waals surface area contributed by atoms with Gasteiger partial charge >= 0.3 is 5.97 Å². The van der Waals surface area contributed by atoms with Crippen LogP contribution >= 0.6 is 23.4 Å². The molecule has 3 rings (SSSR count). The molecular formula is C16H16ClNO4S. The fourth-order valence-corrected chi connectivity index (χ4v) is 4.11. The van der Waals surface area contributed by atoms with Crippen molar-refractivity contribution in [2.45, 2.75) is 19.4 Å². The van der Waals surface area contributed by atoms with Gasteiger partial charge in [-0.15, -0.1) is 0 Å². The molecule has 0 radical (unpaired) electrons. The maximum Gasteiger partial charge on any atom is 0.305 e. The maximum absolute atomic E-state index is 12.9. The molecule has 122 valence electrons. The molecule has 0 spiro atoms. The van der Waals surface area contributed by atoms with Crippen molar-refractivity contribution in [3.05, 3.63) is 34.5 Å². The number of halogens is 1. The number of benzene rings is 1. The standard InChI is InChI=1S/C16H16ClNO4S/c1-9-11-3-2-4-12(17)15(11)22-14(9)16(21)18-5-6-23-8-10(18)7-13(19)20/h2-4,10H,5-8H2,1H3,(H,19,20)/t10-/m0/s1. The lowest BCUT2D eigenvalue weighted by Gasteiger charge is -2.34. The highest BCUT2D eigenvalue weighted by molar-refractivity contribution is 7.99. The van der Waals surface area contributed by atoms with Crippen LogP contribution in [-0.2, 0) is 4.79 Å². The monoisotopic (exact) mass is 353 g/mol. The molecule has 1 aliphatic heterocycles. The summed E-state index contributed by atoms with van der Waals surface area (Å²) in [6.07, 6.45) is -0.0568. The summed E-state index contributed by atoms with van der Waals surface area (Å²) in [5.74, 6) is 0.497. The Bertz CT molecular complexity index is 773. The van der Waals surface area contributed by atoms with E-state index in [-0.39, 0.29) is 24.1 Å². The molecule has 0 bridgehead atoms. The van der Waals surface area contributed by atoms with Gasteiger partial charge < -0.3 is 14.4 Å². The van der Waals surface area contributed by atoms with Crippen LogP contribution < -0.4 is 0 Å². The van der Waals surface area contributed by atoms with Crippen molar-refractivity contribution in [2.24, 2.45) is 0 Å². The van der Waals surface area contributed by atoms with E-state index in [4.69, 9.17) is 21.1 Å². The largest absolute Gasteiger partial charge is 0.481 e. The van der Waals surface area contributed by atoms with Gasteiger partial charge in [0.05, 0.1) is 17.5 Å². The van der Waals surface area contributed by atoms with Crippen LogP contribution in [0.1, 0.15) is 22.5 Å². The number of carboxylic acid groups (broad SMARTS) is 1. The predicted molar refractivity (Wildman–Crippen MR) is 90.4 cm³/mol. The van der Waals surface area contributed by atoms with Gasteiger partial charge in [0.2, 0.25) is 0 Å². The minimum absolute atomic E-state index is 0.0568. The lowest BCUT2D eigenvalue weighted by atomic mass is 10.1. The zero-order chi connectivity index (χ0) is 16.6. The number of furan rings is 1. The summed E-state index contributed by atoms with van der Waals surface area (Å²) in [6, 6.07) is 5.07. The average molecular weight is 354 g/mol. The van der Waals surface area contributed by atoms with Crippen LogP contribution in [0.5, 0.6) is 0 Å². The van der Waals surface area contributed by atoms with Crippen LogP contribution in [0.4, 0.5) is 0 Å². The fraction of sp³-hybridized carbons (Fsp3) is 0.375. The Morgan fingerprint density at radius 1 is 1.48 bits per heavy atom. The number of fused-ring (bicyclic) bond motifs is 1. The fourth-order valence-electron chi connectivity index (χ4n) is 2.84. The van der Waals surface area contributed by atoms with Gasteiger partial charge in [-0.05, 0) is 13.0 Å². The summed E-state index contributed by atoms with van der Waals surface area (Å²) in [5, 5.41) is 10.3. The van der Waals surface area contributed by atoms with E-state index in [1.165, 1.54) is 0 Å². The van der Waals surface area contributed by atoms with E-state index >= 15 is 0 Å². The van der Waals surface area contributed by atoms with Crippen molar-refractivity contribution in [1.82, 2.24) is 4.90 Å². The number of nitrogens with zero attached hydrogens (tertiary/aromatic N) is 1. The molecule has 23 heavy (non-hydrogen) atoms. The number of para-hydroxylation sites is 1. The van der Waals surface area contributed by atoms with E-state index in [1.54, 1.807) is 22.7 Å². The molecule has 1 N–H and O–H groups in total. The van der Waals surface area contributed by atoms with E-state index in [1.807, 2.05) is 19.1 Å². The van der Waals surface area contributed by atoms with Gasteiger partial charge in [0.25, 0.3) is 5.91 Å². The molecule has 1 aliphatic rings. The van der Waals surface area contributed by atoms with Gasteiger partial charge in [-0.1, -0.05) is 23.7 Å². The van der Waals surface area contributed by atoms with Gasteiger partial charge in [0.15, 0.2) is 11.3 Å². The minimum atomic E-state index is -0.903. The zero-order valence-electron chi connectivity index (χ0n) is 12.5. The molecule has 2 heterocycles. The van der Waals surface area contributed by atoms with Crippen molar-refractivity contribution >= 4 is 46.2 Å². The summed E-state index contributed by atoms with van der Waals surface area (Å²) in [6.45, 7) is 2.34. The number of rotatable bonds is 3. The van der Waals surface area contributed by atoms with Crippen molar-refractivity contribution in [3.63, 3.8) is 0 Å². The van der Waals surface area contributed by atoms with Gasteiger partial charge in [-0.2, -0.15) is 11.8 Å². The van der Waals surface area contributed by atoms with Crippen molar-refractivity contribution in [3.8, 4) is 0 Å². The van der Waals surface area contributed by atoms with Crippen LogP contribution in [0.3, 0.4) is 0 Å². The third-order valence-corrected chi connectivity index (χ3v) is 5.40.